The van der Waals surface area contributed by atoms with Gasteiger partial charge in [0.2, 0.25) is 5.78 Å². The smallest absolute Gasteiger partial charge is 0.338 e. The van der Waals surface area contributed by atoms with E-state index in [0.717, 1.165) is 0 Å². The molecule has 8 heteroatoms. The molecule has 1 aromatic heterocycles. The van der Waals surface area contributed by atoms with E-state index in [4.69, 9.17) is 9.15 Å². The normalized spacial score (nSPS) is 15.5. The van der Waals surface area contributed by atoms with E-state index >= 15 is 0 Å². The molecule has 3 aromatic carbocycles. The van der Waals surface area contributed by atoms with Gasteiger partial charge in [-0.2, -0.15) is 0 Å². The van der Waals surface area contributed by atoms with E-state index in [9.17, 15) is 24.6 Å². The van der Waals surface area contributed by atoms with Gasteiger partial charge in [-0.3, -0.25) is 14.5 Å². The van der Waals surface area contributed by atoms with E-state index in [0.29, 0.717) is 16.5 Å². The second-order valence-corrected chi connectivity index (χ2v) is 8.18. The zero-order chi connectivity index (χ0) is 25.4. The number of para-hydroxylation sites is 1. The highest BCUT2D eigenvalue weighted by Gasteiger charge is 2.45. The van der Waals surface area contributed by atoms with Crippen LogP contribution in [0.2, 0.25) is 0 Å². The third-order valence-corrected chi connectivity index (χ3v) is 5.92. The summed E-state index contributed by atoms with van der Waals surface area (Å²) in [5.74, 6) is -2.94. The van der Waals surface area contributed by atoms with E-state index in [1.165, 1.54) is 23.1 Å². The summed E-state index contributed by atoms with van der Waals surface area (Å²) in [6.45, 7) is 1.86. The molecule has 2 N–H and O–H groups in total. The highest BCUT2D eigenvalue weighted by atomic mass is 16.5. The molecule has 1 unspecified atom stereocenters. The number of carbonyl (C=O) groups excluding carboxylic acids is 3. The number of benzene rings is 3. The molecule has 0 radical (unpaired) electrons. The van der Waals surface area contributed by atoms with Crippen molar-refractivity contribution in [2.45, 2.75) is 13.0 Å². The minimum atomic E-state index is -1.09. The Balaban J connectivity index is 1.64. The Kier molecular flexibility index (Phi) is 5.77. The number of aliphatic hydroxyl groups is 1. The number of phenolic OH excluding ortho intramolecular Hbond substituents is 1. The van der Waals surface area contributed by atoms with E-state index in [2.05, 4.69) is 0 Å². The topological polar surface area (TPSA) is 117 Å². The standard InChI is InChI=1S/C28H21NO7/c1-2-35-28(34)18-9-5-10-19(13-18)29-24(17-8-6-11-20(30)14-17)23(26(32)27(29)33)25(31)22-15-16-7-3-4-12-21(16)36-22/h3-15,24,30,32H,2H2,1H3. The first-order chi connectivity index (χ1) is 17.4. The number of carbonyl (C=O) groups is 3. The average molecular weight is 483 g/mol. The number of hydrogen-bond acceptors (Lipinski definition) is 7. The molecule has 4 aromatic rings. The lowest BCUT2D eigenvalue weighted by Crippen LogP contribution is -2.31. The van der Waals surface area contributed by atoms with Gasteiger partial charge in [0.25, 0.3) is 5.91 Å². The number of hydrogen-bond donors (Lipinski definition) is 2. The summed E-state index contributed by atoms with van der Waals surface area (Å²) in [6.07, 6.45) is 0. The number of rotatable bonds is 6. The Labute approximate surface area is 205 Å². The lowest BCUT2D eigenvalue weighted by Gasteiger charge is -2.27. The molecule has 0 fully saturated rings. The molecule has 0 bridgehead atoms. The molecule has 2 heterocycles. The number of Topliss-reactive ketones (excluding diaryl/α,β-unsaturated/α-hetero) is 1. The van der Waals surface area contributed by atoms with Crippen LogP contribution < -0.4 is 4.90 Å². The van der Waals surface area contributed by atoms with Crippen LogP contribution in [-0.4, -0.2) is 34.5 Å². The van der Waals surface area contributed by atoms with Gasteiger partial charge in [0.15, 0.2) is 11.5 Å². The molecule has 0 saturated carbocycles. The van der Waals surface area contributed by atoms with Gasteiger partial charge in [-0.25, -0.2) is 4.79 Å². The summed E-state index contributed by atoms with van der Waals surface area (Å²) < 4.78 is 10.8. The summed E-state index contributed by atoms with van der Waals surface area (Å²) in [6, 6.07) is 19.7. The summed E-state index contributed by atoms with van der Waals surface area (Å²) in [7, 11) is 0. The third-order valence-electron chi connectivity index (χ3n) is 5.92. The Morgan fingerprint density at radius 1 is 0.972 bits per heavy atom. The predicted molar refractivity (Wildman–Crippen MR) is 131 cm³/mol. The van der Waals surface area contributed by atoms with Gasteiger partial charge >= 0.3 is 5.97 Å². The minimum Gasteiger partial charge on any atom is -0.508 e. The molecule has 1 atom stereocenters. The zero-order valence-corrected chi connectivity index (χ0v) is 19.2. The number of fused-ring (bicyclic) bond motifs is 1. The monoisotopic (exact) mass is 483 g/mol. The number of esters is 1. The molecule has 1 amide bonds. The fourth-order valence-corrected chi connectivity index (χ4v) is 4.34. The maximum Gasteiger partial charge on any atom is 0.338 e. The van der Waals surface area contributed by atoms with Crippen molar-refractivity contribution in [3.63, 3.8) is 0 Å². The maximum atomic E-state index is 13.7. The summed E-state index contributed by atoms with van der Waals surface area (Å²) >= 11 is 0. The van der Waals surface area contributed by atoms with Crippen LogP contribution in [0.5, 0.6) is 5.75 Å². The first kappa shape index (κ1) is 22.9. The van der Waals surface area contributed by atoms with E-state index in [1.807, 2.05) is 0 Å². The molecule has 0 saturated heterocycles. The van der Waals surface area contributed by atoms with Crippen LogP contribution in [0, 0.1) is 0 Å². The number of anilines is 1. The van der Waals surface area contributed by atoms with Crippen LogP contribution in [0.4, 0.5) is 5.69 Å². The first-order valence-electron chi connectivity index (χ1n) is 11.2. The number of phenols is 1. The van der Waals surface area contributed by atoms with E-state index in [1.54, 1.807) is 67.6 Å². The fraction of sp³-hybridized carbons (Fsp3) is 0.107. The van der Waals surface area contributed by atoms with Crippen molar-refractivity contribution in [1.29, 1.82) is 0 Å². The molecular formula is C28H21NO7. The minimum absolute atomic E-state index is 0.0437. The highest BCUT2D eigenvalue weighted by molar-refractivity contribution is 6.20. The highest BCUT2D eigenvalue weighted by Crippen LogP contribution is 2.43. The van der Waals surface area contributed by atoms with Gasteiger partial charge in [-0.1, -0.05) is 36.4 Å². The Hall–Kier alpha value is -4.85. The van der Waals surface area contributed by atoms with E-state index in [-0.39, 0.29) is 34.9 Å². The zero-order valence-electron chi connectivity index (χ0n) is 19.2. The van der Waals surface area contributed by atoms with Crippen molar-refractivity contribution < 1.29 is 33.8 Å². The largest absolute Gasteiger partial charge is 0.508 e. The summed E-state index contributed by atoms with van der Waals surface area (Å²) in [5.41, 5.74) is 1.13. The third kappa shape index (κ3) is 3.88. The Morgan fingerprint density at radius 2 is 1.75 bits per heavy atom. The number of furan rings is 1. The van der Waals surface area contributed by atoms with Gasteiger partial charge in [0.05, 0.1) is 23.8 Å². The van der Waals surface area contributed by atoms with Crippen LogP contribution in [0.25, 0.3) is 11.0 Å². The number of amides is 1. The van der Waals surface area contributed by atoms with Crippen molar-refractivity contribution in [3.8, 4) is 5.75 Å². The average Bonchev–Trinajstić information content (AvgIpc) is 3.43. The predicted octanol–water partition coefficient (Wildman–Crippen LogP) is 5.10. The molecule has 1 aliphatic rings. The number of aliphatic hydroxyl groups excluding tert-OH is 1. The number of nitrogens with zero attached hydrogens (tertiary/aromatic N) is 1. The lowest BCUT2D eigenvalue weighted by atomic mass is 9.94. The van der Waals surface area contributed by atoms with E-state index < -0.39 is 29.5 Å². The molecule has 0 spiro atoms. The van der Waals surface area contributed by atoms with Crippen molar-refractivity contribution in [2.24, 2.45) is 0 Å². The summed E-state index contributed by atoms with van der Waals surface area (Å²) in [4.78, 5) is 40.5. The van der Waals surface area contributed by atoms with Gasteiger partial charge in [0.1, 0.15) is 11.3 Å². The van der Waals surface area contributed by atoms with Crippen molar-refractivity contribution >= 4 is 34.3 Å². The van der Waals surface area contributed by atoms with Gasteiger partial charge in [0, 0.05) is 11.1 Å². The molecule has 8 nitrogen and oxygen atoms in total. The van der Waals surface area contributed by atoms with Gasteiger partial charge in [-0.05, 0) is 55.0 Å². The van der Waals surface area contributed by atoms with Gasteiger partial charge in [-0.15, -0.1) is 0 Å². The molecular weight excluding hydrogens is 462 g/mol. The maximum absolute atomic E-state index is 13.7. The van der Waals surface area contributed by atoms with Crippen molar-refractivity contribution in [2.75, 3.05) is 11.5 Å². The number of aromatic hydroxyl groups is 1. The fourth-order valence-electron chi connectivity index (χ4n) is 4.34. The van der Waals surface area contributed by atoms with Crippen molar-refractivity contribution in [3.05, 3.63) is 107 Å². The number of ether oxygens (including phenoxy) is 1. The van der Waals surface area contributed by atoms with Crippen molar-refractivity contribution in [1.82, 2.24) is 0 Å². The Bertz CT molecular complexity index is 1520. The van der Waals surface area contributed by atoms with Crippen LogP contribution in [-0.2, 0) is 9.53 Å². The van der Waals surface area contributed by atoms with Crippen LogP contribution in [0.15, 0.2) is 94.6 Å². The molecule has 36 heavy (non-hydrogen) atoms. The molecule has 5 rings (SSSR count). The van der Waals surface area contributed by atoms with Crippen LogP contribution >= 0.6 is 0 Å². The second-order valence-electron chi connectivity index (χ2n) is 8.18. The number of ketones is 1. The molecule has 180 valence electrons. The van der Waals surface area contributed by atoms with Gasteiger partial charge < -0.3 is 19.4 Å². The van der Waals surface area contributed by atoms with Crippen LogP contribution in [0.1, 0.15) is 39.4 Å². The quantitative estimate of drug-likeness (QED) is 0.289. The van der Waals surface area contributed by atoms with Crippen LogP contribution in [0.3, 0.4) is 0 Å². The first-order valence-corrected chi connectivity index (χ1v) is 11.2. The molecule has 0 aliphatic carbocycles. The Morgan fingerprint density at radius 3 is 2.50 bits per heavy atom. The SMILES string of the molecule is CCOC(=O)c1cccc(N2C(=O)C(O)=C(C(=O)c3cc4ccccc4o3)C2c2cccc(O)c2)c1. The molecule has 1 aliphatic heterocycles. The lowest BCUT2D eigenvalue weighted by molar-refractivity contribution is -0.117. The second kappa shape index (κ2) is 9.07. The summed E-state index contributed by atoms with van der Waals surface area (Å²) in [5, 5.41) is 21.8.